The van der Waals surface area contributed by atoms with Gasteiger partial charge in [0.15, 0.2) is 0 Å². The van der Waals surface area contributed by atoms with Crippen molar-refractivity contribution < 1.29 is 14.4 Å². The average molecular weight is 262 g/mol. The van der Waals surface area contributed by atoms with Crippen LogP contribution in [0.4, 0.5) is 4.79 Å². The summed E-state index contributed by atoms with van der Waals surface area (Å²) in [7, 11) is 0. The largest absolute Gasteiger partial charge is 0.341 e. The van der Waals surface area contributed by atoms with Crippen molar-refractivity contribution in [1.29, 1.82) is 0 Å². The molecule has 7 heteroatoms. The lowest BCUT2D eigenvalue weighted by molar-refractivity contribution is -0.129. The Labute approximate surface area is 105 Å². The van der Waals surface area contributed by atoms with Gasteiger partial charge in [-0.3, -0.25) is 14.9 Å². The van der Waals surface area contributed by atoms with Gasteiger partial charge >= 0.3 is 6.03 Å². The number of rotatable bonds is 4. The lowest BCUT2D eigenvalue weighted by Crippen LogP contribution is -2.44. The quantitative estimate of drug-likeness (QED) is 0.703. The van der Waals surface area contributed by atoms with Gasteiger partial charge in [-0.05, 0) is 12.8 Å². The highest BCUT2D eigenvalue weighted by Gasteiger charge is 2.18. The number of carbonyl (C=O) groups excluding carboxylic acids is 3. The zero-order valence-corrected chi connectivity index (χ0v) is 10.3. The number of likely N-dealkylation sites (tertiary alicyclic amines) is 1. The van der Waals surface area contributed by atoms with E-state index in [0.717, 1.165) is 25.9 Å². The summed E-state index contributed by atoms with van der Waals surface area (Å²) in [5.41, 5.74) is 0. The van der Waals surface area contributed by atoms with Gasteiger partial charge in [0.25, 0.3) is 0 Å². The summed E-state index contributed by atoms with van der Waals surface area (Å²) in [4.78, 5) is 35.4. The molecule has 1 aliphatic heterocycles. The van der Waals surface area contributed by atoms with Crippen LogP contribution in [0.1, 0.15) is 19.3 Å². The Morgan fingerprint density at radius 2 is 1.82 bits per heavy atom. The average Bonchev–Trinajstić information content (AvgIpc) is 2.79. The minimum Gasteiger partial charge on any atom is -0.341 e. The Bertz CT molecular complexity index is 303. The predicted octanol–water partition coefficient (Wildman–Crippen LogP) is 0.0635. The van der Waals surface area contributed by atoms with Crippen molar-refractivity contribution in [2.24, 2.45) is 0 Å². The Hall–Kier alpha value is -1.30. The minimum absolute atomic E-state index is 0.0784. The van der Waals surface area contributed by atoms with Crippen LogP contribution in [0.25, 0.3) is 0 Å². The molecule has 6 nitrogen and oxygen atoms in total. The van der Waals surface area contributed by atoms with Gasteiger partial charge in [0.2, 0.25) is 11.8 Å². The smallest absolute Gasteiger partial charge is 0.321 e. The third kappa shape index (κ3) is 5.04. The maximum Gasteiger partial charge on any atom is 0.321 e. The van der Waals surface area contributed by atoms with Crippen LogP contribution in [0.3, 0.4) is 0 Å². The van der Waals surface area contributed by atoms with Crippen LogP contribution < -0.4 is 10.6 Å². The molecule has 2 N–H and O–H groups in total. The van der Waals surface area contributed by atoms with E-state index in [1.807, 2.05) is 0 Å². The number of halogens is 1. The number of hydrogen-bond donors (Lipinski definition) is 2. The molecule has 0 aromatic heterocycles. The predicted molar refractivity (Wildman–Crippen MR) is 62.7 cm³/mol. The molecule has 0 atom stereocenters. The summed E-state index contributed by atoms with van der Waals surface area (Å²) in [6, 6.07) is -0.660. The number of carbonyl (C=O) groups is 3. The van der Waals surface area contributed by atoms with E-state index in [1.54, 1.807) is 4.90 Å². The van der Waals surface area contributed by atoms with Crippen molar-refractivity contribution in [2.45, 2.75) is 19.3 Å². The molecule has 0 unspecified atom stereocenters. The van der Waals surface area contributed by atoms with Crippen LogP contribution in [-0.2, 0) is 9.59 Å². The van der Waals surface area contributed by atoms with Crippen LogP contribution in [0, 0.1) is 0 Å². The highest BCUT2D eigenvalue weighted by molar-refractivity contribution is 6.19. The fourth-order valence-electron chi connectivity index (χ4n) is 1.55. The van der Waals surface area contributed by atoms with Gasteiger partial charge in [0.1, 0.15) is 0 Å². The number of nitrogens with one attached hydrogen (secondary N) is 2. The van der Waals surface area contributed by atoms with Gasteiger partial charge in [-0.15, -0.1) is 11.6 Å². The lowest BCUT2D eigenvalue weighted by Gasteiger charge is -2.15. The molecule has 17 heavy (non-hydrogen) atoms. The first-order valence-corrected chi connectivity index (χ1v) is 6.08. The number of amides is 4. The normalized spacial score (nSPS) is 14.5. The van der Waals surface area contributed by atoms with Crippen molar-refractivity contribution in [2.75, 3.05) is 25.5 Å². The number of hydrogen-bond acceptors (Lipinski definition) is 3. The zero-order valence-electron chi connectivity index (χ0n) is 9.50. The van der Waals surface area contributed by atoms with E-state index in [0.29, 0.717) is 0 Å². The summed E-state index contributed by atoms with van der Waals surface area (Å²) in [6.45, 7) is 1.40. The molecule has 96 valence electrons. The van der Waals surface area contributed by atoms with E-state index in [1.165, 1.54) is 0 Å². The number of alkyl halides is 1. The zero-order chi connectivity index (χ0) is 12.7. The van der Waals surface area contributed by atoms with Crippen molar-refractivity contribution in [3.63, 3.8) is 0 Å². The van der Waals surface area contributed by atoms with Crippen LogP contribution in [0.5, 0.6) is 0 Å². The first-order chi connectivity index (χ1) is 8.13. The summed E-state index contributed by atoms with van der Waals surface area (Å²) < 4.78 is 0. The number of nitrogens with zero attached hydrogens (tertiary/aromatic N) is 1. The van der Waals surface area contributed by atoms with Crippen molar-refractivity contribution >= 4 is 29.4 Å². The molecule has 1 fully saturated rings. The van der Waals surface area contributed by atoms with Gasteiger partial charge in [0.05, 0.1) is 6.54 Å². The van der Waals surface area contributed by atoms with E-state index in [9.17, 15) is 14.4 Å². The second-order valence-corrected chi connectivity index (χ2v) is 4.14. The maximum absolute atomic E-state index is 11.5. The number of imide groups is 1. The molecule has 0 aromatic carbocycles. The second kappa shape index (κ2) is 7.11. The maximum atomic E-state index is 11.5. The molecular formula is C10H16ClN3O3. The first kappa shape index (κ1) is 13.8. The lowest BCUT2D eigenvalue weighted by atomic mass is 10.4. The third-order valence-electron chi connectivity index (χ3n) is 2.43. The summed E-state index contributed by atoms with van der Waals surface area (Å²) in [5, 5.41) is 4.43. The summed E-state index contributed by atoms with van der Waals surface area (Å²) in [5.74, 6) is -0.417. The molecule has 1 saturated heterocycles. The molecule has 1 rings (SSSR count). The van der Waals surface area contributed by atoms with E-state index >= 15 is 0 Å². The highest BCUT2D eigenvalue weighted by Crippen LogP contribution is 2.06. The second-order valence-electron chi connectivity index (χ2n) is 3.76. The van der Waals surface area contributed by atoms with Gasteiger partial charge in [-0.25, -0.2) is 4.79 Å². The van der Waals surface area contributed by atoms with Gasteiger partial charge < -0.3 is 10.2 Å². The standard InChI is InChI=1S/C10H16ClN3O3/c11-4-3-8(15)13-10(17)12-7-9(16)14-5-1-2-6-14/h1-7H2,(H2,12,13,15,17). The minimum atomic E-state index is -0.660. The van der Waals surface area contributed by atoms with Crippen LogP contribution in [-0.4, -0.2) is 48.3 Å². The van der Waals surface area contributed by atoms with E-state index < -0.39 is 11.9 Å². The Kier molecular flexibility index (Phi) is 5.76. The molecule has 4 amide bonds. The van der Waals surface area contributed by atoms with Crippen molar-refractivity contribution in [3.05, 3.63) is 0 Å². The monoisotopic (exact) mass is 261 g/mol. The van der Waals surface area contributed by atoms with E-state index in [-0.39, 0.29) is 24.8 Å². The first-order valence-electron chi connectivity index (χ1n) is 5.55. The van der Waals surface area contributed by atoms with Gasteiger partial charge in [-0.2, -0.15) is 0 Å². The van der Waals surface area contributed by atoms with Crippen molar-refractivity contribution in [3.8, 4) is 0 Å². The summed E-state index contributed by atoms with van der Waals surface area (Å²) >= 11 is 5.34. The van der Waals surface area contributed by atoms with Gasteiger partial charge in [-0.1, -0.05) is 0 Å². The molecule has 0 bridgehead atoms. The van der Waals surface area contributed by atoms with Crippen LogP contribution in [0.2, 0.25) is 0 Å². The van der Waals surface area contributed by atoms with Gasteiger partial charge in [0, 0.05) is 25.4 Å². The molecule has 1 aliphatic rings. The summed E-state index contributed by atoms with van der Waals surface area (Å²) in [6.07, 6.45) is 2.09. The Morgan fingerprint density at radius 3 is 2.41 bits per heavy atom. The van der Waals surface area contributed by atoms with Crippen LogP contribution >= 0.6 is 11.6 Å². The molecular weight excluding hydrogens is 246 g/mol. The molecule has 0 aromatic rings. The van der Waals surface area contributed by atoms with E-state index in [2.05, 4.69) is 10.6 Å². The third-order valence-corrected chi connectivity index (χ3v) is 2.62. The molecule has 0 saturated carbocycles. The topological polar surface area (TPSA) is 78.5 Å². The Morgan fingerprint density at radius 1 is 1.18 bits per heavy atom. The molecule has 0 spiro atoms. The van der Waals surface area contributed by atoms with Crippen molar-refractivity contribution in [1.82, 2.24) is 15.5 Å². The molecule has 1 heterocycles. The Balaban J connectivity index is 2.18. The fraction of sp³-hybridized carbons (Fsp3) is 0.700. The molecule has 0 aliphatic carbocycles. The SMILES string of the molecule is O=C(CCCl)NC(=O)NCC(=O)N1CCCC1. The number of urea groups is 1. The fourth-order valence-corrected chi connectivity index (χ4v) is 1.73. The molecule has 0 radical (unpaired) electrons. The van der Waals surface area contributed by atoms with Crippen LogP contribution in [0.15, 0.2) is 0 Å². The van der Waals surface area contributed by atoms with E-state index in [4.69, 9.17) is 11.6 Å². The highest BCUT2D eigenvalue weighted by atomic mass is 35.5.